The summed E-state index contributed by atoms with van der Waals surface area (Å²) >= 11 is 0. The van der Waals surface area contributed by atoms with Crippen molar-refractivity contribution in [2.45, 2.75) is 26.4 Å². The molecule has 2 heteroatoms. The molecule has 72 valence electrons. The van der Waals surface area contributed by atoms with Crippen LogP contribution in [0, 0.1) is 6.92 Å². The lowest BCUT2D eigenvalue weighted by Gasteiger charge is -2.17. The number of hydrogen-bond donors (Lipinski definition) is 1. The normalized spacial score (nSPS) is 11.4. The Labute approximate surface area is 79.2 Å². The standard InChI is InChI=1S/C11H16O2/c1-9-5-4-6-10(7-9)13-8-11(2,3)12/h4-7,12H,8H2,1-3H3. The predicted octanol–water partition coefficient (Wildman–Crippen LogP) is 2.14. The third-order valence-electron chi connectivity index (χ3n) is 1.58. The lowest BCUT2D eigenvalue weighted by atomic mass is 10.2. The Hall–Kier alpha value is -1.02. The predicted molar refractivity (Wildman–Crippen MR) is 53.0 cm³/mol. The van der Waals surface area contributed by atoms with Gasteiger partial charge in [0.15, 0.2) is 0 Å². The number of benzene rings is 1. The van der Waals surface area contributed by atoms with Gasteiger partial charge in [0.1, 0.15) is 12.4 Å². The van der Waals surface area contributed by atoms with E-state index in [-0.39, 0.29) is 0 Å². The van der Waals surface area contributed by atoms with Crippen LogP contribution in [0.2, 0.25) is 0 Å². The van der Waals surface area contributed by atoms with E-state index in [1.807, 2.05) is 31.2 Å². The molecule has 0 fully saturated rings. The minimum absolute atomic E-state index is 0.316. The van der Waals surface area contributed by atoms with E-state index in [0.717, 1.165) is 11.3 Å². The summed E-state index contributed by atoms with van der Waals surface area (Å²) in [6, 6.07) is 7.79. The van der Waals surface area contributed by atoms with Crippen LogP contribution in [0.1, 0.15) is 19.4 Å². The third kappa shape index (κ3) is 3.95. The summed E-state index contributed by atoms with van der Waals surface area (Å²) in [5.74, 6) is 0.808. The Balaban J connectivity index is 2.55. The van der Waals surface area contributed by atoms with Crippen LogP contribution in [0.15, 0.2) is 24.3 Å². The minimum Gasteiger partial charge on any atom is -0.491 e. The van der Waals surface area contributed by atoms with Crippen LogP contribution in [0.5, 0.6) is 5.75 Å². The molecule has 2 nitrogen and oxygen atoms in total. The zero-order valence-corrected chi connectivity index (χ0v) is 8.37. The summed E-state index contributed by atoms with van der Waals surface area (Å²) in [4.78, 5) is 0. The maximum absolute atomic E-state index is 9.42. The van der Waals surface area contributed by atoms with Crippen molar-refractivity contribution in [3.63, 3.8) is 0 Å². The first-order valence-corrected chi connectivity index (χ1v) is 4.39. The molecule has 13 heavy (non-hydrogen) atoms. The van der Waals surface area contributed by atoms with Crippen molar-refractivity contribution in [2.75, 3.05) is 6.61 Å². The molecule has 0 aliphatic rings. The van der Waals surface area contributed by atoms with Crippen LogP contribution in [-0.2, 0) is 0 Å². The molecule has 1 rings (SSSR count). The fourth-order valence-corrected chi connectivity index (χ4v) is 0.965. The molecular weight excluding hydrogens is 164 g/mol. The van der Waals surface area contributed by atoms with Gasteiger partial charge < -0.3 is 9.84 Å². The maximum Gasteiger partial charge on any atom is 0.119 e. The number of ether oxygens (including phenoxy) is 1. The molecule has 0 amide bonds. The van der Waals surface area contributed by atoms with Gasteiger partial charge in [-0.3, -0.25) is 0 Å². The highest BCUT2D eigenvalue weighted by Gasteiger charge is 2.12. The molecule has 0 unspecified atom stereocenters. The highest BCUT2D eigenvalue weighted by Crippen LogP contribution is 2.14. The summed E-state index contributed by atoms with van der Waals surface area (Å²) < 4.78 is 5.40. The molecule has 0 bridgehead atoms. The van der Waals surface area contributed by atoms with Gasteiger partial charge in [-0.25, -0.2) is 0 Å². The molecular formula is C11H16O2. The molecule has 1 aromatic carbocycles. The second kappa shape index (κ2) is 3.79. The van der Waals surface area contributed by atoms with Crippen LogP contribution >= 0.6 is 0 Å². The fraction of sp³-hybridized carbons (Fsp3) is 0.455. The van der Waals surface area contributed by atoms with Gasteiger partial charge in [-0.2, -0.15) is 0 Å². The van der Waals surface area contributed by atoms with Gasteiger partial charge in [-0.15, -0.1) is 0 Å². The van der Waals surface area contributed by atoms with E-state index in [1.54, 1.807) is 13.8 Å². The first kappa shape index (κ1) is 10.1. The van der Waals surface area contributed by atoms with Crippen molar-refractivity contribution >= 4 is 0 Å². The van der Waals surface area contributed by atoms with Crippen LogP contribution < -0.4 is 4.74 Å². The Kier molecular flexibility index (Phi) is 2.94. The summed E-state index contributed by atoms with van der Waals surface area (Å²) in [6.07, 6.45) is 0. The largest absolute Gasteiger partial charge is 0.491 e. The van der Waals surface area contributed by atoms with Gasteiger partial charge in [0.2, 0.25) is 0 Å². The minimum atomic E-state index is -0.774. The number of rotatable bonds is 3. The second-order valence-electron chi connectivity index (χ2n) is 3.92. The van der Waals surface area contributed by atoms with E-state index in [0.29, 0.717) is 6.61 Å². The average molecular weight is 180 g/mol. The molecule has 0 saturated heterocycles. The summed E-state index contributed by atoms with van der Waals surface area (Å²) in [5.41, 5.74) is 0.386. The zero-order valence-electron chi connectivity index (χ0n) is 8.37. The van der Waals surface area contributed by atoms with Gasteiger partial charge >= 0.3 is 0 Å². The number of aryl methyl sites for hydroxylation is 1. The molecule has 0 aliphatic carbocycles. The SMILES string of the molecule is Cc1cccc(OCC(C)(C)O)c1. The fourth-order valence-electron chi connectivity index (χ4n) is 0.965. The van der Waals surface area contributed by atoms with Gasteiger partial charge in [0.25, 0.3) is 0 Å². The molecule has 1 aromatic rings. The Morgan fingerprint density at radius 3 is 2.62 bits per heavy atom. The van der Waals surface area contributed by atoms with Crippen molar-refractivity contribution in [1.29, 1.82) is 0 Å². The Morgan fingerprint density at radius 1 is 1.38 bits per heavy atom. The quantitative estimate of drug-likeness (QED) is 0.772. The van der Waals surface area contributed by atoms with E-state index in [2.05, 4.69) is 0 Å². The van der Waals surface area contributed by atoms with Crippen LogP contribution in [0.4, 0.5) is 0 Å². The van der Waals surface area contributed by atoms with Gasteiger partial charge in [0.05, 0.1) is 5.60 Å². The molecule has 0 spiro atoms. The second-order valence-corrected chi connectivity index (χ2v) is 3.92. The molecule has 0 saturated carbocycles. The van der Waals surface area contributed by atoms with Gasteiger partial charge in [-0.1, -0.05) is 12.1 Å². The number of aliphatic hydroxyl groups is 1. The maximum atomic E-state index is 9.42. The molecule has 0 atom stereocenters. The first-order valence-electron chi connectivity index (χ1n) is 4.39. The summed E-state index contributed by atoms with van der Waals surface area (Å²) in [5, 5.41) is 9.42. The molecule has 0 heterocycles. The van der Waals surface area contributed by atoms with Gasteiger partial charge in [0, 0.05) is 0 Å². The molecule has 0 radical (unpaired) electrons. The lowest BCUT2D eigenvalue weighted by Crippen LogP contribution is -2.27. The molecule has 0 aromatic heterocycles. The number of hydrogen-bond acceptors (Lipinski definition) is 2. The Morgan fingerprint density at radius 2 is 2.08 bits per heavy atom. The summed E-state index contributed by atoms with van der Waals surface area (Å²) in [7, 11) is 0. The van der Waals surface area contributed by atoms with E-state index in [9.17, 15) is 5.11 Å². The van der Waals surface area contributed by atoms with Crippen molar-refractivity contribution in [2.24, 2.45) is 0 Å². The van der Waals surface area contributed by atoms with Crippen molar-refractivity contribution in [1.82, 2.24) is 0 Å². The van der Waals surface area contributed by atoms with Crippen molar-refractivity contribution in [3.05, 3.63) is 29.8 Å². The van der Waals surface area contributed by atoms with E-state index < -0.39 is 5.60 Å². The van der Waals surface area contributed by atoms with E-state index >= 15 is 0 Å². The monoisotopic (exact) mass is 180 g/mol. The smallest absolute Gasteiger partial charge is 0.119 e. The summed E-state index contributed by atoms with van der Waals surface area (Å²) in [6.45, 7) is 5.78. The average Bonchev–Trinajstić information content (AvgIpc) is 2.00. The first-order chi connectivity index (χ1) is 5.97. The highest BCUT2D eigenvalue weighted by atomic mass is 16.5. The van der Waals surface area contributed by atoms with Crippen LogP contribution in [0.25, 0.3) is 0 Å². The third-order valence-corrected chi connectivity index (χ3v) is 1.58. The van der Waals surface area contributed by atoms with E-state index in [1.165, 1.54) is 0 Å². The van der Waals surface area contributed by atoms with Gasteiger partial charge in [-0.05, 0) is 38.5 Å². The lowest BCUT2D eigenvalue weighted by molar-refractivity contribution is 0.0284. The Bertz CT molecular complexity index is 274. The zero-order chi connectivity index (χ0) is 9.90. The molecule has 0 aliphatic heterocycles. The molecule has 1 N–H and O–H groups in total. The van der Waals surface area contributed by atoms with Crippen molar-refractivity contribution in [3.8, 4) is 5.75 Å². The highest BCUT2D eigenvalue weighted by molar-refractivity contribution is 5.27. The van der Waals surface area contributed by atoms with Crippen molar-refractivity contribution < 1.29 is 9.84 Å². The van der Waals surface area contributed by atoms with E-state index in [4.69, 9.17) is 4.74 Å². The van der Waals surface area contributed by atoms with Crippen LogP contribution in [-0.4, -0.2) is 17.3 Å². The topological polar surface area (TPSA) is 29.5 Å². The van der Waals surface area contributed by atoms with Crippen LogP contribution in [0.3, 0.4) is 0 Å².